The molecule has 9 heteroatoms. The first-order chi connectivity index (χ1) is 13.7. The quantitative estimate of drug-likeness (QED) is 0.647. The van der Waals surface area contributed by atoms with Gasteiger partial charge in [-0.15, -0.1) is 0 Å². The predicted molar refractivity (Wildman–Crippen MR) is 113 cm³/mol. The lowest BCUT2D eigenvalue weighted by Gasteiger charge is -2.14. The van der Waals surface area contributed by atoms with Crippen molar-refractivity contribution in [1.82, 2.24) is 14.1 Å². The number of hydrogen-bond acceptors (Lipinski definition) is 4. The van der Waals surface area contributed by atoms with E-state index in [1.807, 2.05) is 31.2 Å². The van der Waals surface area contributed by atoms with E-state index in [9.17, 15) is 13.2 Å². The number of carbonyl (C=O) groups is 1. The summed E-state index contributed by atoms with van der Waals surface area (Å²) in [4.78, 5) is 12.6. The van der Waals surface area contributed by atoms with Crippen molar-refractivity contribution >= 4 is 33.3 Å². The summed E-state index contributed by atoms with van der Waals surface area (Å²) < 4.78 is 27.6. The van der Waals surface area contributed by atoms with E-state index in [0.717, 1.165) is 15.4 Å². The molecule has 0 fully saturated rings. The second-order valence-electron chi connectivity index (χ2n) is 6.75. The summed E-state index contributed by atoms with van der Waals surface area (Å²) in [5, 5.41) is 7.09. The van der Waals surface area contributed by atoms with Crippen molar-refractivity contribution in [2.24, 2.45) is 0 Å². The smallest absolute Gasteiger partial charge is 0.256 e. The molecule has 1 aromatic heterocycles. The first-order valence-corrected chi connectivity index (χ1v) is 10.6. The molecule has 0 aliphatic heterocycles. The van der Waals surface area contributed by atoms with E-state index in [0.29, 0.717) is 12.4 Å². The van der Waals surface area contributed by atoms with Crippen molar-refractivity contribution in [3.63, 3.8) is 0 Å². The Kier molecular flexibility index (Phi) is 6.07. The summed E-state index contributed by atoms with van der Waals surface area (Å²) in [7, 11) is -0.965. The summed E-state index contributed by atoms with van der Waals surface area (Å²) in [6.07, 6.45) is 1.59. The number of carbonyl (C=O) groups excluding carboxylic acids is 1. The Morgan fingerprint density at radius 2 is 1.93 bits per heavy atom. The van der Waals surface area contributed by atoms with Crippen LogP contribution in [0.15, 0.2) is 59.6 Å². The summed E-state index contributed by atoms with van der Waals surface area (Å²) in [5.74, 6) is 0.0475. The second kappa shape index (κ2) is 8.36. The minimum Gasteiger partial charge on any atom is -0.307 e. The van der Waals surface area contributed by atoms with Crippen molar-refractivity contribution in [3.05, 3.63) is 76.4 Å². The number of nitrogens with zero attached hydrogens (tertiary/aromatic N) is 3. The highest BCUT2D eigenvalue weighted by Crippen LogP contribution is 2.25. The topological polar surface area (TPSA) is 84.3 Å². The van der Waals surface area contributed by atoms with Crippen LogP contribution in [0.3, 0.4) is 0 Å². The van der Waals surface area contributed by atoms with Gasteiger partial charge in [0.2, 0.25) is 10.0 Å². The fraction of sp³-hybridized carbons (Fsp3) is 0.200. The van der Waals surface area contributed by atoms with Crippen LogP contribution in [-0.2, 0) is 16.6 Å². The number of anilines is 1. The molecule has 3 rings (SSSR count). The van der Waals surface area contributed by atoms with Crippen LogP contribution in [-0.4, -0.2) is 42.5 Å². The molecule has 0 atom stereocenters. The van der Waals surface area contributed by atoms with Gasteiger partial charge in [0, 0.05) is 25.7 Å². The van der Waals surface area contributed by atoms with Crippen molar-refractivity contribution in [2.75, 3.05) is 19.4 Å². The molecule has 0 saturated carbocycles. The number of aryl methyl sites for hydroxylation is 1. The van der Waals surface area contributed by atoms with Gasteiger partial charge in [-0.3, -0.25) is 4.79 Å². The maximum Gasteiger partial charge on any atom is 0.256 e. The van der Waals surface area contributed by atoms with Gasteiger partial charge < -0.3 is 5.32 Å². The van der Waals surface area contributed by atoms with Gasteiger partial charge in [0.15, 0.2) is 0 Å². The average Bonchev–Trinajstić information content (AvgIpc) is 3.08. The zero-order valence-electron chi connectivity index (χ0n) is 16.3. The Bertz CT molecular complexity index is 1160. The van der Waals surface area contributed by atoms with Gasteiger partial charge in [0.25, 0.3) is 5.91 Å². The molecule has 7 nitrogen and oxygen atoms in total. The molecule has 0 spiro atoms. The molecule has 0 bridgehead atoms. The maximum absolute atomic E-state index is 12.7. The summed E-state index contributed by atoms with van der Waals surface area (Å²) in [6.45, 7) is 2.50. The molecule has 0 unspecified atom stereocenters. The zero-order valence-corrected chi connectivity index (χ0v) is 17.8. The molecule has 0 saturated heterocycles. The molecule has 3 aromatic rings. The first-order valence-electron chi connectivity index (χ1n) is 8.79. The molecule has 152 valence electrons. The van der Waals surface area contributed by atoms with Crippen LogP contribution in [0.25, 0.3) is 0 Å². The number of halogens is 1. The van der Waals surface area contributed by atoms with Crippen molar-refractivity contribution in [1.29, 1.82) is 0 Å². The number of amides is 1. The van der Waals surface area contributed by atoms with Crippen LogP contribution in [0.1, 0.15) is 21.5 Å². The Balaban J connectivity index is 1.84. The summed E-state index contributed by atoms with van der Waals surface area (Å²) >= 11 is 6.05. The molecule has 1 N–H and O–H groups in total. The lowest BCUT2D eigenvalue weighted by Crippen LogP contribution is -2.23. The highest BCUT2D eigenvalue weighted by atomic mass is 35.5. The molecular weight excluding hydrogens is 412 g/mol. The fourth-order valence-electron chi connectivity index (χ4n) is 2.78. The van der Waals surface area contributed by atoms with Gasteiger partial charge >= 0.3 is 0 Å². The highest BCUT2D eigenvalue weighted by molar-refractivity contribution is 7.89. The molecule has 1 heterocycles. The molecule has 29 heavy (non-hydrogen) atoms. The largest absolute Gasteiger partial charge is 0.307 e. The van der Waals surface area contributed by atoms with Crippen molar-refractivity contribution < 1.29 is 13.2 Å². The number of rotatable bonds is 6. The Morgan fingerprint density at radius 3 is 2.62 bits per heavy atom. The lowest BCUT2D eigenvalue weighted by molar-refractivity contribution is 0.102. The minimum absolute atomic E-state index is 0.0553. The van der Waals surface area contributed by atoms with Crippen LogP contribution < -0.4 is 5.32 Å². The number of nitrogens with one attached hydrogen (secondary N) is 1. The molecular formula is C20H21ClN4O3S. The maximum atomic E-state index is 12.7. The van der Waals surface area contributed by atoms with Gasteiger partial charge in [-0.05, 0) is 30.7 Å². The second-order valence-corrected chi connectivity index (χ2v) is 9.28. The third kappa shape index (κ3) is 4.67. The number of hydrogen-bond donors (Lipinski definition) is 1. The molecule has 1 amide bonds. The SMILES string of the molecule is Cc1cccc(Cn2nccc2NC(=O)c2ccc(Cl)c(S(=O)(=O)N(C)C)c2)c1. The lowest BCUT2D eigenvalue weighted by atomic mass is 10.1. The van der Waals surface area contributed by atoms with Crippen LogP contribution in [0.2, 0.25) is 5.02 Å². The van der Waals surface area contributed by atoms with Crippen molar-refractivity contribution in [3.8, 4) is 0 Å². The highest BCUT2D eigenvalue weighted by Gasteiger charge is 2.22. The van der Waals surface area contributed by atoms with E-state index in [-0.39, 0.29) is 15.5 Å². The van der Waals surface area contributed by atoms with E-state index < -0.39 is 15.9 Å². The van der Waals surface area contributed by atoms with E-state index in [1.54, 1.807) is 16.9 Å². The van der Waals surface area contributed by atoms with Crippen molar-refractivity contribution in [2.45, 2.75) is 18.4 Å². The van der Waals surface area contributed by atoms with E-state index in [2.05, 4.69) is 10.4 Å². The van der Waals surface area contributed by atoms with Gasteiger partial charge in [-0.2, -0.15) is 5.10 Å². The molecule has 0 radical (unpaired) electrons. The fourth-order valence-corrected chi connectivity index (χ4v) is 4.17. The van der Waals surface area contributed by atoms with E-state index in [4.69, 9.17) is 11.6 Å². The Hall–Kier alpha value is -2.68. The monoisotopic (exact) mass is 432 g/mol. The van der Waals surface area contributed by atoms with E-state index in [1.165, 1.54) is 32.3 Å². The predicted octanol–water partition coefficient (Wildman–Crippen LogP) is 3.40. The third-order valence-corrected chi connectivity index (χ3v) is 6.62. The third-order valence-electron chi connectivity index (χ3n) is 4.32. The van der Waals surface area contributed by atoms with E-state index >= 15 is 0 Å². The van der Waals surface area contributed by atoms with Crippen LogP contribution in [0.4, 0.5) is 5.82 Å². The van der Waals surface area contributed by atoms with Gasteiger partial charge in [0.05, 0.1) is 17.8 Å². The molecule has 2 aromatic carbocycles. The number of benzene rings is 2. The Labute approximate surface area is 175 Å². The standard InChI is InChI=1S/C20H21ClN4O3S/c1-14-5-4-6-15(11-14)13-25-19(9-10-22-25)23-20(26)16-7-8-17(21)18(12-16)29(27,28)24(2)3/h4-12H,13H2,1-3H3,(H,23,26). The summed E-state index contributed by atoms with van der Waals surface area (Å²) in [5.41, 5.74) is 2.37. The minimum atomic E-state index is -3.77. The number of aromatic nitrogens is 2. The van der Waals surface area contributed by atoms with Crippen LogP contribution in [0, 0.1) is 6.92 Å². The van der Waals surface area contributed by atoms with Gasteiger partial charge in [0.1, 0.15) is 10.7 Å². The van der Waals surface area contributed by atoms with Gasteiger partial charge in [-0.1, -0.05) is 41.4 Å². The number of sulfonamides is 1. The van der Waals surface area contributed by atoms with Crippen LogP contribution in [0.5, 0.6) is 0 Å². The normalized spacial score (nSPS) is 11.6. The average molecular weight is 433 g/mol. The molecule has 0 aliphatic carbocycles. The first kappa shape index (κ1) is 21.0. The molecule has 0 aliphatic rings. The Morgan fingerprint density at radius 1 is 1.17 bits per heavy atom. The zero-order chi connectivity index (χ0) is 21.2. The summed E-state index contributed by atoms with van der Waals surface area (Å²) in [6, 6.07) is 13.8. The van der Waals surface area contributed by atoms with Gasteiger partial charge in [-0.25, -0.2) is 17.4 Å². The van der Waals surface area contributed by atoms with Crippen LogP contribution >= 0.6 is 11.6 Å².